The predicted molar refractivity (Wildman–Crippen MR) is 126 cm³/mol. The van der Waals surface area contributed by atoms with Gasteiger partial charge in [-0.3, -0.25) is 4.79 Å². The summed E-state index contributed by atoms with van der Waals surface area (Å²) in [6.07, 6.45) is 7.87. The number of carbonyl (C=O) groups excluding carboxylic acids is 1. The van der Waals surface area contributed by atoms with Crippen LogP contribution >= 0.6 is 0 Å². The minimum Gasteiger partial charge on any atom is -0.618 e. The SMILES string of the molecule is CCN1CC=CC2C1=Nc1ncc(CCOc3cc[n+]([O-])c4ccccc34)cc1C(=O)N2C. The van der Waals surface area contributed by atoms with Gasteiger partial charge in [-0.15, -0.1) is 0 Å². The third-order valence-electron chi connectivity index (χ3n) is 6.14. The van der Waals surface area contributed by atoms with Gasteiger partial charge in [0.05, 0.1) is 17.6 Å². The number of amides is 1. The monoisotopic (exact) mass is 443 g/mol. The van der Waals surface area contributed by atoms with Gasteiger partial charge in [0.1, 0.15) is 17.6 Å². The zero-order chi connectivity index (χ0) is 22.9. The van der Waals surface area contributed by atoms with Crippen molar-refractivity contribution >= 4 is 28.5 Å². The van der Waals surface area contributed by atoms with Crippen LogP contribution in [0.2, 0.25) is 0 Å². The molecule has 0 aliphatic carbocycles. The summed E-state index contributed by atoms with van der Waals surface area (Å²) >= 11 is 0. The highest BCUT2D eigenvalue weighted by Gasteiger charge is 2.33. The lowest BCUT2D eigenvalue weighted by Gasteiger charge is -2.34. The highest BCUT2D eigenvalue weighted by atomic mass is 16.5. The summed E-state index contributed by atoms with van der Waals surface area (Å²) in [7, 11) is 1.81. The molecular formula is C25H25N5O3. The maximum atomic E-state index is 13.2. The first-order valence-electron chi connectivity index (χ1n) is 11.1. The molecule has 0 bridgehead atoms. The molecule has 8 heteroatoms. The van der Waals surface area contributed by atoms with E-state index in [0.717, 1.165) is 34.6 Å². The maximum Gasteiger partial charge on any atom is 0.258 e. The van der Waals surface area contributed by atoms with E-state index < -0.39 is 0 Å². The zero-order valence-corrected chi connectivity index (χ0v) is 18.6. The van der Waals surface area contributed by atoms with E-state index in [-0.39, 0.29) is 11.9 Å². The number of rotatable bonds is 5. The van der Waals surface area contributed by atoms with Crippen LogP contribution in [0.3, 0.4) is 0 Å². The smallest absolute Gasteiger partial charge is 0.258 e. The molecule has 5 rings (SSSR count). The van der Waals surface area contributed by atoms with Gasteiger partial charge in [0.15, 0.2) is 12.0 Å². The van der Waals surface area contributed by atoms with Crippen molar-refractivity contribution in [1.29, 1.82) is 0 Å². The van der Waals surface area contributed by atoms with E-state index in [1.807, 2.05) is 30.3 Å². The van der Waals surface area contributed by atoms with Crippen LogP contribution in [0.15, 0.2) is 65.9 Å². The number of nitrogens with zero attached hydrogens (tertiary/aromatic N) is 5. The number of amidine groups is 1. The quantitative estimate of drug-likeness (QED) is 0.344. The van der Waals surface area contributed by atoms with Crippen molar-refractivity contribution < 1.29 is 14.3 Å². The summed E-state index contributed by atoms with van der Waals surface area (Å²) in [5.74, 6) is 1.86. The number of aromatic nitrogens is 2. The molecule has 168 valence electrons. The van der Waals surface area contributed by atoms with Gasteiger partial charge in [-0.25, -0.2) is 9.98 Å². The molecule has 1 amide bonds. The second-order valence-corrected chi connectivity index (χ2v) is 8.13. The molecule has 2 aliphatic heterocycles. The van der Waals surface area contributed by atoms with Crippen molar-refractivity contribution in [3.8, 4) is 5.75 Å². The summed E-state index contributed by atoms with van der Waals surface area (Å²) in [5.41, 5.74) is 1.95. The Hall–Kier alpha value is -3.94. The molecule has 4 heterocycles. The predicted octanol–water partition coefficient (Wildman–Crippen LogP) is 2.87. The number of benzene rings is 1. The standard InChI is InChI=1S/C25H25N5O3/c1-3-29-12-6-9-21-24(29)27-23-19(25(31)28(21)2)15-17(16-26-23)11-14-33-22-10-13-30(32)20-8-5-4-7-18(20)22/h4-10,13,15-16,21H,3,11-12,14H2,1-2H3. The lowest BCUT2D eigenvalue weighted by Crippen LogP contribution is -2.49. The Balaban J connectivity index is 1.37. The van der Waals surface area contributed by atoms with E-state index in [1.165, 1.54) is 6.20 Å². The van der Waals surface area contributed by atoms with Crippen molar-refractivity contribution in [1.82, 2.24) is 14.8 Å². The Labute approximate surface area is 192 Å². The number of fused-ring (bicyclic) bond motifs is 3. The van der Waals surface area contributed by atoms with Gasteiger partial charge in [-0.05, 0) is 24.6 Å². The van der Waals surface area contributed by atoms with Crippen LogP contribution in [0, 0.1) is 5.21 Å². The van der Waals surface area contributed by atoms with E-state index in [4.69, 9.17) is 9.73 Å². The average Bonchev–Trinajstić information content (AvgIpc) is 2.95. The second-order valence-electron chi connectivity index (χ2n) is 8.13. The van der Waals surface area contributed by atoms with E-state index in [2.05, 4.69) is 22.9 Å². The Kier molecular flexibility index (Phi) is 5.42. The van der Waals surface area contributed by atoms with Crippen molar-refractivity contribution in [2.24, 2.45) is 4.99 Å². The Bertz CT molecular complexity index is 1290. The van der Waals surface area contributed by atoms with Crippen LogP contribution in [0.1, 0.15) is 22.8 Å². The molecule has 0 spiro atoms. The largest absolute Gasteiger partial charge is 0.618 e. The summed E-state index contributed by atoms with van der Waals surface area (Å²) < 4.78 is 6.81. The molecule has 33 heavy (non-hydrogen) atoms. The third-order valence-corrected chi connectivity index (χ3v) is 6.14. The van der Waals surface area contributed by atoms with Crippen molar-refractivity contribution in [2.75, 3.05) is 26.7 Å². The molecule has 0 radical (unpaired) electrons. The summed E-state index contributed by atoms with van der Waals surface area (Å²) in [5, 5.41) is 12.7. The topological polar surface area (TPSA) is 85.0 Å². The Morgan fingerprint density at radius 1 is 1.27 bits per heavy atom. The number of aliphatic imine (C=N–C) groups is 1. The molecule has 3 aromatic rings. The molecular weight excluding hydrogens is 418 g/mol. The summed E-state index contributed by atoms with van der Waals surface area (Å²) in [6, 6.07) is 10.7. The molecule has 0 fully saturated rings. The van der Waals surface area contributed by atoms with Gasteiger partial charge in [0.2, 0.25) is 5.52 Å². The van der Waals surface area contributed by atoms with Gasteiger partial charge < -0.3 is 19.7 Å². The number of likely N-dealkylation sites (N-methyl/N-ethyl adjacent to an activating group) is 2. The molecule has 1 atom stereocenters. The van der Waals surface area contributed by atoms with Gasteiger partial charge in [0.25, 0.3) is 5.91 Å². The summed E-state index contributed by atoms with van der Waals surface area (Å²) in [4.78, 5) is 26.4. The van der Waals surface area contributed by atoms with Gasteiger partial charge >= 0.3 is 0 Å². The maximum absolute atomic E-state index is 13.2. The number of hydrogen-bond acceptors (Lipinski definition) is 6. The van der Waals surface area contributed by atoms with Crippen LogP contribution in [-0.2, 0) is 6.42 Å². The lowest BCUT2D eigenvalue weighted by atomic mass is 10.1. The van der Waals surface area contributed by atoms with Crippen molar-refractivity contribution in [3.63, 3.8) is 0 Å². The molecule has 2 aromatic heterocycles. The summed E-state index contributed by atoms with van der Waals surface area (Å²) in [6.45, 7) is 4.06. The van der Waals surface area contributed by atoms with Gasteiger partial charge in [0, 0.05) is 44.9 Å². The molecule has 2 aliphatic rings. The van der Waals surface area contributed by atoms with Gasteiger partial charge in [-0.2, -0.15) is 4.73 Å². The Morgan fingerprint density at radius 2 is 2.12 bits per heavy atom. The minimum atomic E-state index is -0.192. The fraction of sp³-hybridized carbons (Fsp3) is 0.280. The van der Waals surface area contributed by atoms with E-state index >= 15 is 0 Å². The first-order valence-corrected chi connectivity index (χ1v) is 11.1. The minimum absolute atomic E-state index is 0.0966. The second kappa shape index (κ2) is 8.54. The molecule has 0 saturated carbocycles. The van der Waals surface area contributed by atoms with Crippen LogP contribution in [-0.4, -0.2) is 59.3 Å². The third kappa shape index (κ3) is 3.77. The van der Waals surface area contributed by atoms with Crippen LogP contribution in [0.25, 0.3) is 10.9 Å². The molecule has 1 aromatic carbocycles. The zero-order valence-electron chi connectivity index (χ0n) is 18.6. The highest BCUT2D eigenvalue weighted by molar-refractivity contribution is 6.06. The normalized spacial score (nSPS) is 17.5. The molecule has 0 N–H and O–H groups in total. The van der Waals surface area contributed by atoms with Crippen molar-refractivity contribution in [3.05, 3.63) is 77.3 Å². The molecule has 0 saturated heterocycles. The molecule has 8 nitrogen and oxygen atoms in total. The average molecular weight is 444 g/mol. The molecule has 1 unspecified atom stereocenters. The first kappa shape index (κ1) is 20.9. The highest BCUT2D eigenvalue weighted by Crippen LogP contribution is 2.28. The fourth-order valence-electron chi connectivity index (χ4n) is 4.31. The van der Waals surface area contributed by atoms with Crippen LogP contribution in [0.5, 0.6) is 5.75 Å². The van der Waals surface area contributed by atoms with Crippen molar-refractivity contribution in [2.45, 2.75) is 19.4 Å². The first-order chi connectivity index (χ1) is 16.1. The Morgan fingerprint density at radius 3 is 2.97 bits per heavy atom. The van der Waals surface area contributed by atoms with Gasteiger partial charge in [-0.1, -0.05) is 24.3 Å². The van der Waals surface area contributed by atoms with Crippen LogP contribution in [0.4, 0.5) is 5.82 Å². The number of hydrogen-bond donors (Lipinski definition) is 0. The number of carbonyl (C=O) groups is 1. The van der Waals surface area contributed by atoms with Crippen LogP contribution < -0.4 is 9.47 Å². The van der Waals surface area contributed by atoms with E-state index in [0.29, 0.717) is 35.7 Å². The lowest BCUT2D eigenvalue weighted by molar-refractivity contribution is -0.577. The number of para-hydroxylation sites is 1. The number of pyridine rings is 2. The van der Waals surface area contributed by atoms with E-state index in [1.54, 1.807) is 30.3 Å². The van der Waals surface area contributed by atoms with E-state index in [9.17, 15) is 10.0 Å². The number of ether oxygens (including phenoxy) is 1. The fourth-order valence-corrected chi connectivity index (χ4v) is 4.31.